The summed E-state index contributed by atoms with van der Waals surface area (Å²) in [5.74, 6) is -0.954. The lowest BCUT2D eigenvalue weighted by Gasteiger charge is -2.29. The Kier molecular flexibility index (Phi) is 4.75. The third kappa shape index (κ3) is 3.44. The predicted molar refractivity (Wildman–Crippen MR) is 90.9 cm³/mol. The van der Waals surface area contributed by atoms with Crippen molar-refractivity contribution >= 4 is 23.5 Å². The fraction of sp³-hybridized carbons (Fsp3) is 0.333. The number of hydrogen-bond acceptors (Lipinski definition) is 6. The first-order valence-electron chi connectivity index (χ1n) is 8.22. The number of rotatable bonds is 5. The molecule has 2 aliphatic heterocycles. The zero-order chi connectivity index (χ0) is 18.8. The van der Waals surface area contributed by atoms with Crippen LogP contribution in [-0.2, 0) is 20.9 Å². The van der Waals surface area contributed by atoms with Gasteiger partial charge in [-0.25, -0.2) is 0 Å². The van der Waals surface area contributed by atoms with Gasteiger partial charge in [-0.15, -0.1) is 0 Å². The SMILES string of the molecule is CC(N)=CC(=O)COc1cccc2c1CN(C1CCC(=O)NC1=O)C2=O. The summed E-state index contributed by atoms with van der Waals surface area (Å²) in [4.78, 5) is 49.2. The number of piperidine rings is 1. The van der Waals surface area contributed by atoms with Crippen LogP contribution in [0.4, 0.5) is 0 Å². The molecule has 8 nitrogen and oxygen atoms in total. The fourth-order valence-corrected chi connectivity index (χ4v) is 3.14. The largest absolute Gasteiger partial charge is 0.485 e. The zero-order valence-corrected chi connectivity index (χ0v) is 14.3. The number of hydrogen-bond donors (Lipinski definition) is 2. The molecule has 2 aliphatic rings. The summed E-state index contributed by atoms with van der Waals surface area (Å²) in [5, 5.41) is 2.26. The molecule has 0 spiro atoms. The van der Waals surface area contributed by atoms with Gasteiger partial charge >= 0.3 is 0 Å². The first kappa shape index (κ1) is 17.7. The molecule has 1 fully saturated rings. The van der Waals surface area contributed by atoms with Crippen molar-refractivity contribution in [1.82, 2.24) is 10.2 Å². The topological polar surface area (TPSA) is 119 Å². The monoisotopic (exact) mass is 357 g/mol. The van der Waals surface area contributed by atoms with Crippen LogP contribution in [0.1, 0.15) is 35.7 Å². The Morgan fingerprint density at radius 2 is 2.15 bits per heavy atom. The Hall–Kier alpha value is -3.16. The summed E-state index contributed by atoms with van der Waals surface area (Å²) >= 11 is 0. The van der Waals surface area contributed by atoms with Gasteiger partial charge in [0.15, 0.2) is 12.4 Å². The maximum absolute atomic E-state index is 12.7. The van der Waals surface area contributed by atoms with Crippen molar-refractivity contribution in [3.63, 3.8) is 0 Å². The number of nitrogens with two attached hydrogens (primary N) is 1. The molecule has 26 heavy (non-hydrogen) atoms. The molecule has 0 bridgehead atoms. The highest BCUT2D eigenvalue weighted by atomic mass is 16.5. The minimum atomic E-state index is -0.690. The second kappa shape index (κ2) is 6.99. The lowest BCUT2D eigenvalue weighted by atomic mass is 10.0. The number of fused-ring (bicyclic) bond motifs is 1. The van der Waals surface area contributed by atoms with Gasteiger partial charge in [-0.2, -0.15) is 0 Å². The van der Waals surface area contributed by atoms with Gasteiger partial charge in [0.1, 0.15) is 11.8 Å². The van der Waals surface area contributed by atoms with Gasteiger partial charge in [0, 0.05) is 29.3 Å². The summed E-state index contributed by atoms with van der Waals surface area (Å²) in [6.45, 7) is 1.60. The van der Waals surface area contributed by atoms with Crippen molar-refractivity contribution in [3.05, 3.63) is 41.1 Å². The number of ether oxygens (including phenoxy) is 1. The smallest absolute Gasteiger partial charge is 0.255 e. The molecule has 3 rings (SSSR count). The number of nitrogens with zero attached hydrogens (tertiary/aromatic N) is 1. The minimum Gasteiger partial charge on any atom is -0.485 e. The van der Waals surface area contributed by atoms with Crippen LogP contribution in [-0.4, -0.2) is 41.1 Å². The first-order chi connectivity index (χ1) is 12.4. The molecule has 8 heteroatoms. The molecule has 0 aliphatic carbocycles. The second-order valence-corrected chi connectivity index (χ2v) is 6.33. The Bertz CT molecular complexity index is 826. The van der Waals surface area contributed by atoms with Crippen LogP contribution >= 0.6 is 0 Å². The van der Waals surface area contributed by atoms with Gasteiger partial charge in [0.2, 0.25) is 11.8 Å². The maximum Gasteiger partial charge on any atom is 0.255 e. The predicted octanol–water partition coefficient (Wildman–Crippen LogP) is 0.258. The maximum atomic E-state index is 12.7. The number of nitrogens with one attached hydrogen (secondary N) is 1. The Balaban J connectivity index is 1.77. The average molecular weight is 357 g/mol. The van der Waals surface area contributed by atoms with E-state index in [1.165, 1.54) is 11.0 Å². The van der Waals surface area contributed by atoms with E-state index in [-0.39, 0.29) is 37.2 Å². The molecule has 1 unspecified atom stereocenters. The van der Waals surface area contributed by atoms with Crippen LogP contribution in [0.3, 0.4) is 0 Å². The van der Waals surface area contributed by atoms with Crippen LogP contribution in [0.15, 0.2) is 30.0 Å². The van der Waals surface area contributed by atoms with Gasteiger partial charge in [-0.05, 0) is 25.5 Å². The van der Waals surface area contributed by atoms with Crippen molar-refractivity contribution < 1.29 is 23.9 Å². The van der Waals surface area contributed by atoms with E-state index < -0.39 is 11.9 Å². The molecule has 1 saturated heterocycles. The molecular formula is C18H19N3O5. The van der Waals surface area contributed by atoms with Crippen molar-refractivity contribution in [1.29, 1.82) is 0 Å². The molecule has 1 atom stereocenters. The molecule has 1 aromatic carbocycles. The zero-order valence-electron chi connectivity index (χ0n) is 14.3. The van der Waals surface area contributed by atoms with Crippen molar-refractivity contribution in [3.8, 4) is 5.75 Å². The van der Waals surface area contributed by atoms with Gasteiger partial charge in [0.25, 0.3) is 5.91 Å². The number of benzene rings is 1. The molecule has 0 aromatic heterocycles. The van der Waals surface area contributed by atoms with E-state index in [0.717, 1.165) is 0 Å². The standard InChI is InChI=1S/C18H19N3O5/c1-10(19)7-11(22)9-26-15-4-2-3-12-13(15)8-21(18(12)25)14-5-6-16(23)20-17(14)24/h2-4,7,14H,5-6,8-9,19H2,1H3,(H,20,23,24). The number of ketones is 1. The fourth-order valence-electron chi connectivity index (χ4n) is 3.14. The van der Waals surface area contributed by atoms with Gasteiger partial charge < -0.3 is 15.4 Å². The van der Waals surface area contributed by atoms with Crippen molar-refractivity contribution in [2.75, 3.05) is 6.61 Å². The van der Waals surface area contributed by atoms with E-state index in [2.05, 4.69) is 5.32 Å². The van der Waals surface area contributed by atoms with E-state index in [1.54, 1.807) is 25.1 Å². The Morgan fingerprint density at radius 3 is 2.85 bits per heavy atom. The lowest BCUT2D eigenvalue weighted by Crippen LogP contribution is -2.52. The van der Waals surface area contributed by atoms with E-state index in [9.17, 15) is 19.2 Å². The lowest BCUT2D eigenvalue weighted by molar-refractivity contribution is -0.136. The number of carbonyl (C=O) groups excluding carboxylic acids is 4. The third-order valence-electron chi connectivity index (χ3n) is 4.30. The summed E-state index contributed by atoms with van der Waals surface area (Å²) in [5.41, 5.74) is 6.91. The van der Waals surface area contributed by atoms with Crippen molar-refractivity contribution in [2.24, 2.45) is 5.73 Å². The number of imide groups is 1. The van der Waals surface area contributed by atoms with Gasteiger partial charge in [-0.1, -0.05) is 6.07 Å². The molecule has 136 valence electrons. The Labute approximate surface area is 150 Å². The summed E-state index contributed by atoms with van der Waals surface area (Å²) in [6, 6.07) is 4.30. The van der Waals surface area contributed by atoms with Crippen LogP contribution in [0.2, 0.25) is 0 Å². The number of amides is 3. The van der Waals surface area contributed by atoms with Gasteiger partial charge in [-0.3, -0.25) is 24.5 Å². The molecule has 3 N–H and O–H groups in total. The second-order valence-electron chi connectivity index (χ2n) is 6.33. The summed E-state index contributed by atoms with van der Waals surface area (Å²) in [7, 11) is 0. The highest BCUT2D eigenvalue weighted by Gasteiger charge is 2.40. The van der Waals surface area contributed by atoms with Gasteiger partial charge in [0.05, 0.1) is 6.54 Å². The van der Waals surface area contributed by atoms with Crippen LogP contribution in [0, 0.1) is 0 Å². The highest BCUT2D eigenvalue weighted by molar-refractivity contribution is 6.05. The Morgan fingerprint density at radius 1 is 1.38 bits per heavy atom. The molecule has 3 amide bonds. The molecule has 1 aromatic rings. The van der Waals surface area contributed by atoms with Crippen LogP contribution in [0.5, 0.6) is 5.75 Å². The molecule has 0 radical (unpaired) electrons. The molecular weight excluding hydrogens is 338 g/mol. The van der Waals surface area contributed by atoms with E-state index in [4.69, 9.17) is 10.5 Å². The van der Waals surface area contributed by atoms with E-state index >= 15 is 0 Å². The van der Waals surface area contributed by atoms with Crippen LogP contribution < -0.4 is 15.8 Å². The number of allylic oxidation sites excluding steroid dienone is 1. The molecule has 2 heterocycles. The summed E-state index contributed by atoms with van der Waals surface area (Å²) < 4.78 is 5.56. The van der Waals surface area contributed by atoms with Crippen molar-refractivity contribution in [2.45, 2.75) is 32.4 Å². The third-order valence-corrected chi connectivity index (χ3v) is 4.30. The number of carbonyl (C=O) groups is 4. The van der Waals surface area contributed by atoms with E-state index in [1.807, 2.05) is 0 Å². The van der Waals surface area contributed by atoms with Crippen LogP contribution in [0.25, 0.3) is 0 Å². The summed E-state index contributed by atoms with van der Waals surface area (Å²) in [6.07, 6.45) is 1.77. The average Bonchev–Trinajstić information content (AvgIpc) is 2.90. The normalized spacial score (nSPS) is 20.0. The molecule has 0 saturated carbocycles. The quantitative estimate of drug-likeness (QED) is 0.576. The highest BCUT2D eigenvalue weighted by Crippen LogP contribution is 2.33. The first-order valence-corrected chi connectivity index (χ1v) is 8.22. The minimum absolute atomic E-state index is 0.191. The van der Waals surface area contributed by atoms with E-state index in [0.29, 0.717) is 29.0 Å².